The summed E-state index contributed by atoms with van der Waals surface area (Å²) in [6.45, 7) is 0.959. The molecule has 1 unspecified atom stereocenters. The van der Waals surface area contributed by atoms with Gasteiger partial charge in [0.2, 0.25) is 5.91 Å². The van der Waals surface area contributed by atoms with Gasteiger partial charge in [-0.05, 0) is 35.4 Å². The Hall–Kier alpha value is -0.910. The minimum atomic E-state index is -1.09. The molecule has 1 amide bonds. The molecule has 0 aromatic carbocycles. The van der Waals surface area contributed by atoms with E-state index in [2.05, 4.69) is 16.8 Å². The number of nitrogens with two attached hydrogens (primary N) is 1. The summed E-state index contributed by atoms with van der Waals surface area (Å²) in [6, 6.07) is 2.05. The van der Waals surface area contributed by atoms with Crippen LogP contribution in [0.15, 0.2) is 16.8 Å². The van der Waals surface area contributed by atoms with Crippen molar-refractivity contribution in [2.75, 3.05) is 13.1 Å². The van der Waals surface area contributed by atoms with Gasteiger partial charge in [-0.3, -0.25) is 4.79 Å². The van der Waals surface area contributed by atoms with Gasteiger partial charge in [0.05, 0.1) is 0 Å². The molecule has 0 fully saturated rings. The summed E-state index contributed by atoms with van der Waals surface area (Å²) in [5, 5.41) is 16.1. The van der Waals surface area contributed by atoms with E-state index >= 15 is 0 Å². The Morgan fingerprint density at radius 1 is 1.71 bits per heavy atom. The Morgan fingerprint density at radius 2 is 2.50 bits per heavy atom. The molecule has 0 aliphatic carbocycles. The van der Waals surface area contributed by atoms with E-state index in [0.29, 0.717) is 0 Å². The summed E-state index contributed by atoms with van der Waals surface area (Å²) in [5.74, 6) is -0.687. The zero-order valence-electron chi connectivity index (χ0n) is 7.77. The highest BCUT2D eigenvalue weighted by molar-refractivity contribution is 7.07. The van der Waals surface area contributed by atoms with Crippen molar-refractivity contribution in [1.29, 1.82) is 0 Å². The van der Waals surface area contributed by atoms with E-state index in [-0.39, 0.29) is 6.54 Å². The maximum atomic E-state index is 10.5. The van der Waals surface area contributed by atoms with Crippen LogP contribution in [0.1, 0.15) is 5.56 Å². The highest BCUT2D eigenvalue weighted by Crippen LogP contribution is 2.05. The summed E-state index contributed by atoms with van der Waals surface area (Å²) in [6.07, 6.45) is -0.188. The van der Waals surface area contributed by atoms with Gasteiger partial charge < -0.3 is 16.2 Å². The smallest absolute Gasteiger partial charge is 0.247 e. The van der Waals surface area contributed by atoms with Crippen LogP contribution in [-0.2, 0) is 11.2 Å². The molecule has 0 saturated heterocycles. The predicted octanol–water partition coefficient (Wildman–Crippen LogP) is -0.274. The largest absolute Gasteiger partial charge is 0.382 e. The molecule has 5 heteroatoms. The Kier molecular flexibility index (Phi) is 4.58. The lowest BCUT2D eigenvalue weighted by Gasteiger charge is -2.07. The summed E-state index contributed by atoms with van der Waals surface area (Å²) in [4.78, 5) is 10.5. The lowest BCUT2D eigenvalue weighted by molar-refractivity contribution is -0.125. The molecule has 4 nitrogen and oxygen atoms in total. The molecular weight excluding hydrogens is 200 g/mol. The number of carbonyl (C=O) groups is 1. The lowest BCUT2D eigenvalue weighted by Crippen LogP contribution is -2.38. The summed E-state index contributed by atoms with van der Waals surface area (Å²) in [7, 11) is 0. The molecule has 1 aromatic rings. The van der Waals surface area contributed by atoms with E-state index in [1.54, 1.807) is 11.3 Å². The van der Waals surface area contributed by atoms with Crippen molar-refractivity contribution in [3.63, 3.8) is 0 Å². The van der Waals surface area contributed by atoms with E-state index in [1.165, 1.54) is 5.56 Å². The first-order chi connectivity index (χ1) is 6.70. The number of primary amides is 1. The van der Waals surface area contributed by atoms with Gasteiger partial charge in [-0.1, -0.05) is 0 Å². The van der Waals surface area contributed by atoms with Crippen molar-refractivity contribution in [3.8, 4) is 0 Å². The summed E-state index contributed by atoms with van der Waals surface area (Å²) >= 11 is 1.66. The van der Waals surface area contributed by atoms with E-state index in [4.69, 9.17) is 10.8 Å². The van der Waals surface area contributed by atoms with Gasteiger partial charge in [-0.2, -0.15) is 11.3 Å². The Morgan fingerprint density at radius 3 is 3.07 bits per heavy atom. The van der Waals surface area contributed by atoms with Crippen molar-refractivity contribution in [2.24, 2.45) is 5.73 Å². The molecule has 0 aliphatic rings. The zero-order valence-corrected chi connectivity index (χ0v) is 8.59. The van der Waals surface area contributed by atoms with Crippen LogP contribution < -0.4 is 11.1 Å². The van der Waals surface area contributed by atoms with Crippen LogP contribution in [0, 0.1) is 0 Å². The first-order valence-electron chi connectivity index (χ1n) is 4.39. The number of aliphatic hydroxyl groups excluding tert-OH is 1. The molecule has 0 saturated carbocycles. The number of nitrogens with one attached hydrogen (secondary N) is 1. The van der Waals surface area contributed by atoms with Crippen molar-refractivity contribution >= 4 is 17.2 Å². The fourth-order valence-corrected chi connectivity index (χ4v) is 1.71. The van der Waals surface area contributed by atoms with Crippen molar-refractivity contribution in [3.05, 3.63) is 22.4 Å². The summed E-state index contributed by atoms with van der Waals surface area (Å²) in [5.41, 5.74) is 6.15. The number of aliphatic hydroxyl groups is 1. The van der Waals surface area contributed by atoms with Gasteiger partial charge in [0.1, 0.15) is 6.10 Å². The standard InChI is InChI=1S/C9H14N2O2S/c10-9(13)8(12)5-11-3-1-7-2-4-14-6-7/h2,4,6,8,11-12H,1,3,5H2,(H2,10,13). The van der Waals surface area contributed by atoms with Gasteiger partial charge in [0, 0.05) is 6.54 Å². The molecule has 1 heterocycles. The monoisotopic (exact) mass is 214 g/mol. The second kappa shape index (κ2) is 5.74. The zero-order chi connectivity index (χ0) is 10.4. The third kappa shape index (κ3) is 3.87. The number of rotatable bonds is 6. The van der Waals surface area contributed by atoms with E-state index in [0.717, 1.165) is 13.0 Å². The van der Waals surface area contributed by atoms with Crippen molar-refractivity contribution in [2.45, 2.75) is 12.5 Å². The van der Waals surface area contributed by atoms with Crippen LogP contribution in [0.5, 0.6) is 0 Å². The highest BCUT2D eigenvalue weighted by Gasteiger charge is 2.08. The molecule has 0 spiro atoms. The number of amides is 1. The quantitative estimate of drug-likeness (QED) is 0.570. The Bertz CT molecular complexity index is 274. The van der Waals surface area contributed by atoms with E-state index in [1.807, 2.05) is 5.38 Å². The normalized spacial score (nSPS) is 12.6. The van der Waals surface area contributed by atoms with Crippen molar-refractivity contribution < 1.29 is 9.90 Å². The fourth-order valence-electron chi connectivity index (χ4n) is 1.01. The number of hydrogen-bond donors (Lipinski definition) is 3. The van der Waals surface area contributed by atoms with Gasteiger partial charge in [0.15, 0.2) is 0 Å². The molecule has 0 aliphatic heterocycles. The molecule has 0 bridgehead atoms. The fraction of sp³-hybridized carbons (Fsp3) is 0.444. The second-order valence-electron chi connectivity index (χ2n) is 3.00. The molecule has 14 heavy (non-hydrogen) atoms. The third-order valence-corrected chi connectivity index (χ3v) is 2.57. The molecule has 1 rings (SSSR count). The minimum Gasteiger partial charge on any atom is -0.382 e. The van der Waals surface area contributed by atoms with Crippen LogP contribution in [0.25, 0.3) is 0 Å². The summed E-state index contributed by atoms with van der Waals surface area (Å²) < 4.78 is 0. The molecule has 4 N–H and O–H groups in total. The minimum absolute atomic E-state index is 0.222. The predicted molar refractivity (Wildman–Crippen MR) is 56.1 cm³/mol. The maximum Gasteiger partial charge on any atom is 0.247 e. The van der Waals surface area contributed by atoms with E-state index in [9.17, 15) is 4.79 Å². The van der Waals surface area contributed by atoms with Crippen LogP contribution in [-0.4, -0.2) is 30.2 Å². The lowest BCUT2D eigenvalue weighted by atomic mass is 10.2. The average molecular weight is 214 g/mol. The van der Waals surface area contributed by atoms with Crippen LogP contribution >= 0.6 is 11.3 Å². The average Bonchev–Trinajstić information content (AvgIpc) is 2.64. The van der Waals surface area contributed by atoms with Gasteiger partial charge in [-0.15, -0.1) is 0 Å². The van der Waals surface area contributed by atoms with Gasteiger partial charge in [0.25, 0.3) is 0 Å². The molecule has 1 atom stereocenters. The molecule has 0 radical (unpaired) electrons. The third-order valence-electron chi connectivity index (χ3n) is 1.84. The van der Waals surface area contributed by atoms with Crippen LogP contribution in [0.4, 0.5) is 0 Å². The van der Waals surface area contributed by atoms with Crippen LogP contribution in [0.2, 0.25) is 0 Å². The first kappa shape index (κ1) is 11.2. The molecule has 78 valence electrons. The Balaban J connectivity index is 2.08. The maximum absolute atomic E-state index is 10.5. The molecule has 1 aromatic heterocycles. The topological polar surface area (TPSA) is 75.4 Å². The highest BCUT2D eigenvalue weighted by atomic mass is 32.1. The Labute approximate surface area is 86.7 Å². The second-order valence-corrected chi connectivity index (χ2v) is 3.78. The number of hydrogen-bond acceptors (Lipinski definition) is 4. The molecular formula is C9H14N2O2S. The number of thiophene rings is 1. The number of carbonyl (C=O) groups excluding carboxylic acids is 1. The van der Waals surface area contributed by atoms with Gasteiger partial charge in [-0.25, -0.2) is 0 Å². The first-order valence-corrected chi connectivity index (χ1v) is 5.33. The SMILES string of the molecule is NC(=O)C(O)CNCCc1ccsc1. The van der Waals surface area contributed by atoms with Gasteiger partial charge >= 0.3 is 0 Å². The van der Waals surface area contributed by atoms with Crippen LogP contribution in [0.3, 0.4) is 0 Å². The van der Waals surface area contributed by atoms with E-state index < -0.39 is 12.0 Å². The van der Waals surface area contributed by atoms with Crippen molar-refractivity contribution in [1.82, 2.24) is 5.32 Å².